The van der Waals surface area contributed by atoms with Crippen molar-refractivity contribution in [2.75, 3.05) is 23.9 Å². The lowest BCUT2D eigenvalue weighted by Gasteiger charge is -2.32. The van der Waals surface area contributed by atoms with E-state index in [1.165, 1.54) is 0 Å². The number of nitrogens with zero attached hydrogens (tertiary/aromatic N) is 1. The van der Waals surface area contributed by atoms with E-state index >= 15 is 0 Å². The van der Waals surface area contributed by atoms with Crippen LogP contribution in [-0.4, -0.2) is 24.2 Å². The van der Waals surface area contributed by atoms with Crippen molar-refractivity contribution in [2.45, 2.75) is 18.4 Å². The van der Waals surface area contributed by atoms with Gasteiger partial charge in [-0.25, -0.2) is 0 Å². The molecule has 1 saturated heterocycles. The first-order valence-electron chi connectivity index (χ1n) is 5.69. The number of benzene rings is 1. The van der Waals surface area contributed by atoms with Crippen LogP contribution in [-0.2, 0) is 0 Å². The Morgan fingerprint density at radius 3 is 2.71 bits per heavy atom. The van der Waals surface area contributed by atoms with Gasteiger partial charge < -0.3 is 10.1 Å². The highest BCUT2D eigenvalue weighted by molar-refractivity contribution is 7.99. The molecule has 4 heteroatoms. The van der Waals surface area contributed by atoms with Gasteiger partial charge in [0.1, 0.15) is 11.3 Å². The minimum Gasteiger partial charge on any atom is -0.497 e. The summed E-state index contributed by atoms with van der Waals surface area (Å²) in [5.74, 6) is 2.85. The van der Waals surface area contributed by atoms with Crippen LogP contribution in [0.5, 0.6) is 5.75 Å². The smallest absolute Gasteiger partial charge is 0.134 e. The molecule has 0 amide bonds. The van der Waals surface area contributed by atoms with Crippen molar-refractivity contribution in [3.05, 3.63) is 24.3 Å². The number of nitriles is 1. The summed E-state index contributed by atoms with van der Waals surface area (Å²) >= 11 is 1.84. The third kappa shape index (κ3) is 2.86. The van der Waals surface area contributed by atoms with Gasteiger partial charge in [-0.2, -0.15) is 17.0 Å². The van der Waals surface area contributed by atoms with Crippen LogP contribution in [0, 0.1) is 11.3 Å². The highest BCUT2D eigenvalue weighted by Gasteiger charge is 2.32. The second kappa shape index (κ2) is 5.33. The minimum atomic E-state index is -0.405. The monoisotopic (exact) mass is 248 g/mol. The first kappa shape index (κ1) is 12.1. The van der Waals surface area contributed by atoms with Gasteiger partial charge in [-0.1, -0.05) is 0 Å². The maximum Gasteiger partial charge on any atom is 0.134 e. The lowest BCUT2D eigenvalue weighted by Crippen LogP contribution is -2.41. The number of hydrogen-bond acceptors (Lipinski definition) is 4. The Labute approximate surface area is 106 Å². The lowest BCUT2D eigenvalue weighted by atomic mass is 9.97. The van der Waals surface area contributed by atoms with Gasteiger partial charge in [-0.05, 0) is 42.9 Å². The molecule has 1 heterocycles. The second-order valence-corrected chi connectivity index (χ2v) is 5.31. The molecular weight excluding hydrogens is 232 g/mol. The summed E-state index contributed by atoms with van der Waals surface area (Å²) in [5.41, 5.74) is 0.576. The van der Waals surface area contributed by atoms with Gasteiger partial charge in [0.2, 0.25) is 0 Å². The van der Waals surface area contributed by atoms with Gasteiger partial charge in [-0.3, -0.25) is 0 Å². The third-order valence-electron chi connectivity index (χ3n) is 2.93. The summed E-state index contributed by atoms with van der Waals surface area (Å²) in [7, 11) is 1.65. The van der Waals surface area contributed by atoms with Crippen molar-refractivity contribution < 1.29 is 4.74 Å². The minimum absolute atomic E-state index is 0.405. The largest absolute Gasteiger partial charge is 0.497 e. The number of rotatable bonds is 3. The normalized spacial score (nSPS) is 23.8. The molecule has 1 fully saturated rings. The summed E-state index contributed by atoms with van der Waals surface area (Å²) in [6.45, 7) is 0. The molecule has 0 aromatic heterocycles. The number of hydrogen-bond donors (Lipinski definition) is 1. The molecule has 90 valence electrons. The molecule has 1 atom stereocenters. The highest BCUT2D eigenvalue weighted by Crippen LogP contribution is 2.30. The molecule has 3 nitrogen and oxygen atoms in total. The Morgan fingerprint density at radius 1 is 1.41 bits per heavy atom. The second-order valence-electron chi connectivity index (χ2n) is 4.20. The predicted molar refractivity (Wildman–Crippen MR) is 71.5 cm³/mol. The molecule has 0 spiro atoms. The van der Waals surface area contributed by atoms with Crippen molar-refractivity contribution in [3.8, 4) is 11.8 Å². The Balaban J connectivity index is 2.10. The standard InChI is InChI=1S/C13H16N2OS/c1-16-12-5-3-11(4-6-12)15-13(9-14)7-2-8-17-10-13/h3-6,15H,2,7-8,10H2,1H3. The quantitative estimate of drug-likeness (QED) is 0.893. The predicted octanol–water partition coefficient (Wildman–Crippen LogP) is 2.90. The van der Waals surface area contributed by atoms with E-state index in [-0.39, 0.29) is 0 Å². The Morgan fingerprint density at radius 2 is 2.18 bits per heavy atom. The highest BCUT2D eigenvalue weighted by atomic mass is 32.2. The van der Waals surface area contributed by atoms with Gasteiger partial charge in [0, 0.05) is 11.4 Å². The SMILES string of the molecule is COc1ccc(NC2(C#N)CCCSC2)cc1. The van der Waals surface area contributed by atoms with Gasteiger partial charge in [0.05, 0.1) is 13.2 Å². The van der Waals surface area contributed by atoms with Crippen LogP contribution < -0.4 is 10.1 Å². The number of anilines is 1. The number of ether oxygens (including phenoxy) is 1. The summed E-state index contributed by atoms with van der Waals surface area (Å²) in [4.78, 5) is 0. The van der Waals surface area contributed by atoms with Crippen molar-refractivity contribution in [1.29, 1.82) is 5.26 Å². The van der Waals surface area contributed by atoms with E-state index in [0.717, 1.165) is 35.8 Å². The fraction of sp³-hybridized carbons (Fsp3) is 0.462. The maximum absolute atomic E-state index is 9.35. The van der Waals surface area contributed by atoms with Crippen molar-refractivity contribution >= 4 is 17.4 Å². The van der Waals surface area contributed by atoms with Crippen LogP contribution in [0.3, 0.4) is 0 Å². The van der Waals surface area contributed by atoms with Gasteiger partial charge in [0.25, 0.3) is 0 Å². The molecule has 0 radical (unpaired) electrons. The molecule has 17 heavy (non-hydrogen) atoms. The molecular formula is C13H16N2OS. The van der Waals surface area contributed by atoms with Gasteiger partial charge in [-0.15, -0.1) is 0 Å². The zero-order chi connectivity index (χ0) is 12.1. The molecule has 0 aliphatic carbocycles. The van der Waals surface area contributed by atoms with E-state index in [0.29, 0.717) is 0 Å². The van der Waals surface area contributed by atoms with Gasteiger partial charge >= 0.3 is 0 Å². The van der Waals surface area contributed by atoms with E-state index in [1.54, 1.807) is 7.11 Å². The van der Waals surface area contributed by atoms with Crippen molar-refractivity contribution in [3.63, 3.8) is 0 Å². The first-order chi connectivity index (χ1) is 8.28. The maximum atomic E-state index is 9.35. The first-order valence-corrected chi connectivity index (χ1v) is 6.85. The van der Waals surface area contributed by atoms with Gasteiger partial charge in [0.15, 0.2) is 0 Å². The van der Waals surface area contributed by atoms with E-state index in [2.05, 4.69) is 11.4 Å². The van der Waals surface area contributed by atoms with Crippen LogP contribution in [0.15, 0.2) is 24.3 Å². The molecule has 2 rings (SSSR count). The molecule has 1 aromatic rings. The zero-order valence-corrected chi connectivity index (χ0v) is 10.7. The van der Waals surface area contributed by atoms with Crippen molar-refractivity contribution in [1.82, 2.24) is 0 Å². The Hall–Kier alpha value is -1.34. The number of thioether (sulfide) groups is 1. The van der Waals surface area contributed by atoms with Crippen LogP contribution in [0.4, 0.5) is 5.69 Å². The summed E-state index contributed by atoms with van der Waals surface area (Å²) < 4.78 is 5.11. The van der Waals surface area contributed by atoms with Crippen LogP contribution in [0.2, 0.25) is 0 Å². The molecule has 1 aromatic carbocycles. The van der Waals surface area contributed by atoms with Crippen molar-refractivity contribution in [2.24, 2.45) is 0 Å². The fourth-order valence-electron chi connectivity index (χ4n) is 1.96. The topological polar surface area (TPSA) is 45.0 Å². The van der Waals surface area contributed by atoms with E-state index in [4.69, 9.17) is 4.74 Å². The summed E-state index contributed by atoms with van der Waals surface area (Å²) in [6.07, 6.45) is 2.02. The molecule has 1 aliphatic rings. The molecule has 1 unspecified atom stereocenters. The molecule has 0 bridgehead atoms. The number of methoxy groups -OCH3 is 1. The Kier molecular flexibility index (Phi) is 3.80. The van der Waals surface area contributed by atoms with Crippen LogP contribution >= 0.6 is 11.8 Å². The fourth-order valence-corrected chi connectivity index (χ4v) is 3.08. The van der Waals surface area contributed by atoms with E-state index in [1.807, 2.05) is 36.0 Å². The third-order valence-corrected chi connectivity index (χ3v) is 4.20. The van der Waals surface area contributed by atoms with E-state index < -0.39 is 5.54 Å². The van der Waals surface area contributed by atoms with E-state index in [9.17, 15) is 5.26 Å². The molecule has 1 N–H and O–H groups in total. The average Bonchev–Trinajstić information content (AvgIpc) is 2.41. The Bertz CT molecular complexity index is 404. The lowest BCUT2D eigenvalue weighted by molar-refractivity contribution is 0.415. The summed E-state index contributed by atoms with van der Waals surface area (Å²) in [5, 5.41) is 12.7. The molecule has 1 aliphatic heterocycles. The average molecular weight is 248 g/mol. The zero-order valence-electron chi connectivity index (χ0n) is 9.90. The molecule has 0 saturated carbocycles. The van der Waals surface area contributed by atoms with Crippen LogP contribution in [0.1, 0.15) is 12.8 Å². The summed E-state index contributed by atoms with van der Waals surface area (Å²) in [6, 6.07) is 10.2. The number of nitrogens with one attached hydrogen (secondary N) is 1. The van der Waals surface area contributed by atoms with Crippen LogP contribution in [0.25, 0.3) is 0 Å².